The molecule has 116 valence electrons. The van der Waals surface area contributed by atoms with Gasteiger partial charge in [0.25, 0.3) is 0 Å². The molecule has 3 aromatic rings. The van der Waals surface area contributed by atoms with Crippen LogP contribution >= 0.6 is 34.8 Å². The van der Waals surface area contributed by atoms with Crippen molar-refractivity contribution in [1.29, 1.82) is 0 Å². The van der Waals surface area contributed by atoms with E-state index in [0.29, 0.717) is 26.5 Å². The highest BCUT2D eigenvalue weighted by molar-refractivity contribution is 6.43. The van der Waals surface area contributed by atoms with Gasteiger partial charge in [-0.2, -0.15) is 0 Å². The van der Waals surface area contributed by atoms with Crippen LogP contribution in [0.15, 0.2) is 42.5 Å². The van der Waals surface area contributed by atoms with Crippen LogP contribution in [-0.4, -0.2) is 18.1 Å². The molecule has 0 atom stereocenters. The summed E-state index contributed by atoms with van der Waals surface area (Å²) in [6.07, 6.45) is 0. The fourth-order valence-corrected chi connectivity index (χ4v) is 3.01. The van der Waals surface area contributed by atoms with Gasteiger partial charge in [0.2, 0.25) is 0 Å². The van der Waals surface area contributed by atoms with Crippen LogP contribution in [0.25, 0.3) is 22.0 Å². The molecule has 0 spiro atoms. The van der Waals surface area contributed by atoms with E-state index in [2.05, 4.69) is 4.98 Å². The second-order valence-corrected chi connectivity index (χ2v) is 5.97. The van der Waals surface area contributed by atoms with E-state index in [0.717, 1.165) is 5.56 Å². The van der Waals surface area contributed by atoms with Crippen LogP contribution in [0.5, 0.6) is 0 Å². The van der Waals surface area contributed by atoms with Crippen LogP contribution in [0.2, 0.25) is 15.2 Å². The monoisotopic (exact) mass is 365 g/mol. The number of aromatic nitrogens is 1. The van der Waals surface area contributed by atoms with Crippen molar-refractivity contribution in [1.82, 2.24) is 4.98 Å². The molecule has 23 heavy (non-hydrogen) atoms. The standard InChI is InChI=1S/C17H10Cl3NO2/c1-23-17(22)15-14(9-5-3-2-4-6-9)10-7-11(18)12(19)8-13(10)21-16(15)20/h2-8H,1H3. The summed E-state index contributed by atoms with van der Waals surface area (Å²) in [6.45, 7) is 0. The molecule has 0 saturated heterocycles. The summed E-state index contributed by atoms with van der Waals surface area (Å²) in [6, 6.07) is 12.7. The number of fused-ring (bicyclic) bond motifs is 1. The highest BCUT2D eigenvalue weighted by Crippen LogP contribution is 2.38. The third-order valence-corrected chi connectivity index (χ3v) is 4.43. The zero-order valence-electron chi connectivity index (χ0n) is 11.9. The first kappa shape index (κ1) is 16.1. The quantitative estimate of drug-likeness (QED) is 0.434. The number of ether oxygens (including phenoxy) is 1. The van der Waals surface area contributed by atoms with Crippen LogP contribution < -0.4 is 0 Å². The number of methoxy groups -OCH3 is 1. The molecule has 0 unspecified atom stereocenters. The second-order valence-electron chi connectivity index (χ2n) is 4.79. The van der Waals surface area contributed by atoms with Crippen molar-refractivity contribution < 1.29 is 9.53 Å². The first-order valence-electron chi connectivity index (χ1n) is 6.65. The van der Waals surface area contributed by atoms with Gasteiger partial charge in [0.05, 0.1) is 22.7 Å². The van der Waals surface area contributed by atoms with Crippen molar-refractivity contribution in [2.45, 2.75) is 0 Å². The summed E-state index contributed by atoms with van der Waals surface area (Å²) in [4.78, 5) is 16.5. The number of rotatable bonds is 2. The number of hydrogen-bond donors (Lipinski definition) is 0. The minimum absolute atomic E-state index is 0.0570. The maximum absolute atomic E-state index is 12.2. The van der Waals surface area contributed by atoms with E-state index < -0.39 is 5.97 Å². The number of carbonyl (C=O) groups excluding carboxylic acids is 1. The predicted octanol–water partition coefficient (Wildman–Crippen LogP) is 5.65. The van der Waals surface area contributed by atoms with Crippen molar-refractivity contribution in [3.05, 3.63) is 63.2 Å². The molecule has 3 rings (SSSR count). The molecule has 1 aromatic heterocycles. The predicted molar refractivity (Wildman–Crippen MR) is 93.5 cm³/mol. The molecule has 0 amide bonds. The molecule has 6 heteroatoms. The van der Waals surface area contributed by atoms with Crippen molar-refractivity contribution in [3.63, 3.8) is 0 Å². The molecule has 0 aliphatic rings. The summed E-state index contributed by atoms with van der Waals surface area (Å²) in [5.74, 6) is -0.561. The lowest BCUT2D eigenvalue weighted by atomic mass is 9.96. The van der Waals surface area contributed by atoms with E-state index in [1.807, 2.05) is 30.3 Å². The number of esters is 1. The Balaban J connectivity index is 2.49. The molecule has 1 heterocycles. The Kier molecular flexibility index (Phi) is 4.44. The molecule has 2 aromatic carbocycles. The Morgan fingerprint density at radius 2 is 1.70 bits per heavy atom. The summed E-state index contributed by atoms with van der Waals surface area (Å²) in [7, 11) is 1.30. The van der Waals surface area contributed by atoms with Gasteiger partial charge in [0, 0.05) is 10.9 Å². The lowest BCUT2D eigenvalue weighted by molar-refractivity contribution is 0.0601. The Labute approximate surface area is 147 Å². The molecule has 0 saturated carbocycles. The molecular formula is C17H10Cl3NO2. The summed E-state index contributed by atoms with van der Waals surface area (Å²) >= 11 is 18.4. The first-order chi connectivity index (χ1) is 11.0. The zero-order valence-corrected chi connectivity index (χ0v) is 14.2. The number of nitrogens with zero attached hydrogens (tertiary/aromatic N) is 1. The molecule has 0 aliphatic carbocycles. The molecular weight excluding hydrogens is 357 g/mol. The van der Waals surface area contributed by atoms with E-state index in [1.165, 1.54) is 7.11 Å². The van der Waals surface area contributed by atoms with Gasteiger partial charge in [-0.25, -0.2) is 9.78 Å². The van der Waals surface area contributed by atoms with Gasteiger partial charge in [0.15, 0.2) is 0 Å². The van der Waals surface area contributed by atoms with Crippen molar-refractivity contribution in [2.75, 3.05) is 7.11 Å². The Bertz CT molecular complexity index is 911. The van der Waals surface area contributed by atoms with Crippen LogP contribution in [0.4, 0.5) is 0 Å². The topological polar surface area (TPSA) is 39.2 Å². The normalized spacial score (nSPS) is 10.8. The Hall–Kier alpha value is -1.81. The highest BCUT2D eigenvalue weighted by atomic mass is 35.5. The van der Waals surface area contributed by atoms with Gasteiger partial charge in [0.1, 0.15) is 10.7 Å². The van der Waals surface area contributed by atoms with Gasteiger partial charge in [-0.05, 0) is 17.7 Å². The molecule has 0 N–H and O–H groups in total. The number of halogens is 3. The van der Waals surface area contributed by atoms with E-state index in [9.17, 15) is 4.79 Å². The Morgan fingerprint density at radius 1 is 1.04 bits per heavy atom. The maximum Gasteiger partial charge on any atom is 0.341 e. The second kappa shape index (κ2) is 6.36. The molecule has 0 radical (unpaired) electrons. The SMILES string of the molecule is COC(=O)c1c(Cl)nc2cc(Cl)c(Cl)cc2c1-c1ccccc1. The number of hydrogen-bond acceptors (Lipinski definition) is 3. The fourth-order valence-electron chi connectivity index (χ4n) is 2.42. The molecule has 0 fully saturated rings. The summed E-state index contributed by atoms with van der Waals surface area (Å²) in [5, 5.41) is 1.47. The lowest BCUT2D eigenvalue weighted by Crippen LogP contribution is -2.07. The summed E-state index contributed by atoms with van der Waals surface area (Å²) < 4.78 is 4.86. The lowest BCUT2D eigenvalue weighted by Gasteiger charge is -2.14. The summed E-state index contributed by atoms with van der Waals surface area (Å²) in [5.41, 5.74) is 2.17. The smallest absolute Gasteiger partial charge is 0.341 e. The van der Waals surface area contributed by atoms with E-state index in [1.54, 1.807) is 12.1 Å². The van der Waals surface area contributed by atoms with Crippen molar-refractivity contribution in [3.8, 4) is 11.1 Å². The van der Waals surface area contributed by atoms with Gasteiger partial charge in [-0.1, -0.05) is 65.1 Å². The minimum atomic E-state index is -0.561. The number of carbonyl (C=O) groups is 1. The molecule has 3 nitrogen and oxygen atoms in total. The maximum atomic E-state index is 12.2. The van der Waals surface area contributed by atoms with Gasteiger partial charge >= 0.3 is 5.97 Å². The molecule has 0 bridgehead atoms. The van der Waals surface area contributed by atoms with E-state index in [-0.39, 0.29) is 10.7 Å². The minimum Gasteiger partial charge on any atom is -0.465 e. The fraction of sp³-hybridized carbons (Fsp3) is 0.0588. The third-order valence-electron chi connectivity index (χ3n) is 3.43. The van der Waals surface area contributed by atoms with Gasteiger partial charge in [-0.3, -0.25) is 0 Å². The van der Waals surface area contributed by atoms with Crippen LogP contribution in [0.1, 0.15) is 10.4 Å². The highest BCUT2D eigenvalue weighted by Gasteiger charge is 2.22. The van der Waals surface area contributed by atoms with Gasteiger partial charge in [-0.15, -0.1) is 0 Å². The van der Waals surface area contributed by atoms with E-state index in [4.69, 9.17) is 39.5 Å². The van der Waals surface area contributed by atoms with E-state index >= 15 is 0 Å². The Morgan fingerprint density at radius 3 is 2.35 bits per heavy atom. The largest absolute Gasteiger partial charge is 0.465 e. The zero-order chi connectivity index (χ0) is 16.6. The number of benzene rings is 2. The van der Waals surface area contributed by atoms with Gasteiger partial charge < -0.3 is 4.74 Å². The number of pyridine rings is 1. The van der Waals surface area contributed by atoms with Crippen molar-refractivity contribution in [2.24, 2.45) is 0 Å². The molecule has 0 aliphatic heterocycles. The average Bonchev–Trinajstić information content (AvgIpc) is 2.55. The third kappa shape index (κ3) is 2.88. The van der Waals surface area contributed by atoms with Crippen molar-refractivity contribution >= 4 is 51.7 Å². The van der Waals surface area contributed by atoms with Crippen LogP contribution in [-0.2, 0) is 4.74 Å². The first-order valence-corrected chi connectivity index (χ1v) is 7.78. The van der Waals surface area contributed by atoms with Crippen LogP contribution in [0, 0.1) is 0 Å². The average molecular weight is 367 g/mol. The van der Waals surface area contributed by atoms with Crippen LogP contribution in [0.3, 0.4) is 0 Å².